The fourth-order valence-corrected chi connectivity index (χ4v) is 2.54. The van der Waals surface area contributed by atoms with Gasteiger partial charge in [0.25, 0.3) is 0 Å². The highest BCUT2D eigenvalue weighted by Gasteiger charge is 2.17. The monoisotopic (exact) mass is 497 g/mol. The minimum atomic E-state index is -0.269. The number of benzene rings is 1. The first-order valence-corrected chi connectivity index (χ1v) is 8.98. The number of fused-ring (bicyclic) bond motifs is 1. The third-order valence-electron chi connectivity index (χ3n) is 3.86. The number of halogens is 2. The van der Waals surface area contributed by atoms with Crippen molar-refractivity contribution in [3.05, 3.63) is 22.7 Å². The molecule has 0 spiro atoms. The van der Waals surface area contributed by atoms with Crippen LogP contribution in [0.3, 0.4) is 0 Å². The number of ether oxygens (including phenoxy) is 3. The van der Waals surface area contributed by atoms with E-state index in [-0.39, 0.29) is 29.6 Å². The van der Waals surface area contributed by atoms with Crippen LogP contribution in [-0.4, -0.2) is 45.0 Å². The maximum absolute atomic E-state index is 6.33. The summed E-state index contributed by atoms with van der Waals surface area (Å²) in [5, 5.41) is 7.08. The lowest BCUT2D eigenvalue weighted by Gasteiger charge is -2.24. The summed E-state index contributed by atoms with van der Waals surface area (Å²) in [6.07, 6.45) is 0.849. The van der Waals surface area contributed by atoms with E-state index in [1.165, 1.54) is 0 Å². The molecule has 26 heavy (non-hydrogen) atoms. The maximum Gasteiger partial charge on any atom is 0.191 e. The van der Waals surface area contributed by atoms with E-state index in [0.29, 0.717) is 42.8 Å². The Morgan fingerprint density at radius 2 is 2.00 bits per heavy atom. The summed E-state index contributed by atoms with van der Waals surface area (Å²) in [7, 11) is 1.70. The van der Waals surface area contributed by atoms with Gasteiger partial charge in [-0.25, -0.2) is 4.99 Å². The molecule has 0 atom stereocenters. The van der Waals surface area contributed by atoms with Crippen molar-refractivity contribution < 1.29 is 14.2 Å². The standard InChI is InChI=1S/C18H28ClN3O3.HI/c1-5-20-17(22-12-18(2,3)23-4)21-11-13-9-14(19)16-15(10-13)24-7-6-8-25-16;/h9-10H,5-8,11-12H2,1-4H3,(H2,20,21,22);1H. The molecule has 1 heterocycles. The molecule has 0 saturated heterocycles. The Labute approximate surface area is 178 Å². The molecule has 1 aliphatic rings. The minimum Gasteiger partial charge on any atom is -0.489 e. The van der Waals surface area contributed by atoms with E-state index >= 15 is 0 Å². The zero-order valence-corrected chi connectivity index (χ0v) is 18.9. The van der Waals surface area contributed by atoms with Crippen molar-refractivity contribution in [2.45, 2.75) is 39.3 Å². The van der Waals surface area contributed by atoms with Gasteiger partial charge in [-0.2, -0.15) is 0 Å². The first kappa shape index (κ1) is 23.1. The van der Waals surface area contributed by atoms with Crippen LogP contribution in [0.25, 0.3) is 0 Å². The van der Waals surface area contributed by atoms with Gasteiger partial charge >= 0.3 is 0 Å². The van der Waals surface area contributed by atoms with Gasteiger partial charge in [-0.1, -0.05) is 11.6 Å². The smallest absolute Gasteiger partial charge is 0.191 e. The van der Waals surface area contributed by atoms with Crippen molar-refractivity contribution in [3.63, 3.8) is 0 Å². The fraction of sp³-hybridized carbons (Fsp3) is 0.611. The maximum atomic E-state index is 6.33. The van der Waals surface area contributed by atoms with Crippen molar-refractivity contribution in [3.8, 4) is 11.5 Å². The van der Waals surface area contributed by atoms with E-state index in [1.54, 1.807) is 7.11 Å². The Hall–Kier alpha value is -0.930. The number of hydrogen-bond donors (Lipinski definition) is 2. The van der Waals surface area contributed by atoms with E-state index in [0.717, 1.165) is 24.5 Å². The summed E-state index contributed by atoms with van der Waals surface area (Å²) >= 11 is 6.33. The lowest BCUT2D eigenvalue weighted by molar-refractivity contribution is 0.0268. The molecular weight excluding hydrogens is 469 g/mol. The predicted molar refractivity (Wildman–Crippen MR) is 116 cm³/mol. The molecule has 0 bridgehead atoms. The Morgan fingerprint density at radius 3 is 2.69 bits per heavy atom. The quantitative estimate of drug-likeness (QED) is 0.357. The third-order valence-corrected chi connectivity index (χ3v) is 4.14. The fourth-order valence-electron chi connectivity index (χ4n) is 2.26. The molecule has 0 aromatic heterocycles. The van der Waals surface area contributed by atoms with Gasteiger partial charge in [-0.3, -0.25) is 0 Å². The number of rotatable bonds is 6. The third kappa shape index (κ3) is 7.00. The molecule has 1 aromatic rings. The number of nitrogens with zero attached hydrogens (tertiary/aromatic N) is 1. The molecule has 1 aromatic carbocycles. The molecule has 8 heteroatoms. The topological polar surface area (TPSA) is 64.1 Å². The van der Waals surface area contributed by atoms with Gasteiger partial charge in [0.05, 0.1) is 30.4 Å². The van der Waals surface area contributed by atoms with Gasteiger partial charge in [0.2, 0.25) is 0 Å². The van der Waals surface area contributed by atoms with Crippen molar-refractivity contribution >= 4 is 41.5 Å². The number of aliphatic imine (C=N–C) groups is 1. The molecule has 148 valence electrons. The summed E-state index contributed by atoms with van der Waals surface area (Å²) in [4.78, 5) is 4.62. The van der Waals surface area contributed by atoms with Gasteiger partial charge in [0.1, 0.15) is 0 Å². The Bertz CT molecular complexity index is 612. The van der Waals surface area contributed by atoms with Gasteiger partial charge < -0.3 is 24.8 Å². The highest BCUT2D eigenvalue weighted by molar-refractivity contribution is 14.0. The number of hydrogen-bond acceptors (Lipinski definition) is 4. The Balaban J connectivity index is 0.00000338. The lowest BCUT2D eigenvalue weighted by Crippen LogP contribution is -2.45. The van der Waals surface area contributed by atoms with Crippen LogP contribution in [0.5, 0.6) is 11.5 Å². The van der Waals surface area contributed by atoms with E-state index in [4.69, 9.17) is 25.8 Å². The first-order valence-electron chi connectivity index (χ1n) is 8.60. The van der Waals surface area contributed by atoms with Crippen molar-refractivity contribution in [2.24, 2.45) is 4.99 Å². The summed E-state index contributed by atoms with van der Waals surface area (Å²) in [6, 6.07) is 3.82. The molecule has 0 aliphatic carbocycles. The van der Waals surface area contributed by atoms with Gasteiger partial charge in [-0.05, 0) is 38.5 Å². The van der Waals surface area contributed by atoms with Crippen LogP contribution in [-0.2, 0) is 11.3 Å². The van der Waals surface area contributed by atoms with Crippen LogP contribution in [0.1, 0.15) is 32.8 Å². The SMILES string of the molecule is CCNC(=NCc1cc(Cl)c2c(c1)OCCCO2)NCC(C)(C)OC.I. The van der Waals surface area contributed by atoms with E-state index < -0.39 is 0 Å². The normalized spacial score (nSPS) is 14.3. The van der Waals surface area contributed by atoms with E-state index in [9.17, 15) is 0 Å². The second kappa shape index (κ2) is 11.0. The first-order chi connectivity index (χ1) is 11.9. The molecule has 0 radical (unpaired) electrons. The van der Waals surface area contributed by atoms with Gasteiger partial charge in [0, 0.05) is 26.6 Å². The van der Waals surface area contributed by atoms with Crippen molar-refractivity contribution in [1.29, 1.82) is 0 Å². The number of guanidine groups is 1. The second-order valence-corrected chi connectivity index (χ2v) is 6.88. The highest BCUT2D eigenvalue weighted by Crippen LogP contribution is 2.38. The lowest BCUT2D eigenvalue weighted by atomic mass is 10.1. The average Bonchev–Trinajstić information content (AvgIpc) is 2.83. The van der Waals surface area contributed by atoms with Crippen LogP contribution >= 0.6 is 35.6 Å². The Morgan fingerprint density at radius 1 is 1.27 bits per heavy atom. The van der Waals surface area contributed by atoms with Crippen LogP contribution in [0.15, 0.2) is 17.1 Å². The summed E-state index contributed by atoms with van der Waals surface area (Å²) in [6.45, 7) is 9.24. The van der Waals surface area contributed by atoms with E-state index in [1.807, 2.05) is 32.9 Å². The van der Waals surface area contributed by atoms with Crippen molar-refractivity contribution in [2.75, 3.05) is 33.4 Å². The molecule has 0 unspecified atom stereocenters. The van der Waals surface area contributed by atoms with Gasteiger partial charge in [0.15, 0.2) is 17.5 Å². The predicted octanol–water partition coefficient (Wildman–Crippen LogP) is 3.60. The molecule has 6 nitrogen and oxygen atoms in total. The van der Waals surface area contributed by atoms with E-state index in [2.05, 4.69) is 15.6 Å². The van der Waals surface area contributed by atoms with Crippen LogP contribution < -0.4 is 20.1 Å². The molecule has 2 N–H and O–H groups in total. The zero-order valence-electron chi connectivity index (χ0n) is 15.9. The number of methoxy groups -OCH3 is 1. The molecule has 2 rings (SSSR count). The summed E-state index contributed by atoms with van der Waals surface area (Å²) in [5.74, 6) is 2.04. The highest BCUT2D eigenvalue weighted by atomic mass is 127. The van der Waals surface area contributed by atoms with Crippen LogP contribution in [0.2, 0.25) is 5.02 Å². The minimum absolute atomic E-state index is 0. The molecule has 0 amide bonds. The van der Waals surface area contributed by atoms with Crippen LogP contribution in [0, 0.1) is 0 Å². The summed E-state index contributed by atoms with van der Waals surface area (Å²) in [5.41, 5.74) is 0.701. The Kier molecular flexibility index (Phi) is 9.81. The molecular formula is C18H29ClIN3O3. The summed E-state index contributed by atoms with van der Waals surface area (Å²) < 4.78 is 16.8. The van der Waals surface area contributed by atoms with Crippen molar-refractivity contribution in [1.82, 2.24) is 10.6 Å². The second-order valence-electron chi connectivity index (χ2n) is 6.47. The molecule has 0 fully saturated rings. The van der Waals surface area contributed by atoms with Gasteiger partial charge in [-0.15, -0.1) is 24.0 Å². The molecule has 0 saturated carbocycles. The largest absolute Gasteiger partial charge is 0.489 e. The zero-order chi connectivity index (χ0) is 18.3. The number of nitrogens with one attached hydrogen (secondary N) is 2. The van der Waals surface area contributed by atoms with Crippen LogP contribution in [0.4, 0.5) is 0 Å². The average molecular weight is 498 g/mol. The molecule has 1 aliphatic heterocycles.